The molecule has 0 N–H and O–H groups in total. The molecule has 2 rings (SSSR count). The number of fused-ring (bicyclic) bond motifs is 1. The quantitative estimate of drug-likeness (QED) is 0.776. The number of carbonyl (C=O) groups excluding carboxylic acids is 1. The van der Waals surface area contributed by atoms with Gasteiger partial charge in [0.2, 0.25) is 11.2 Å². The van der Waals surface area contributed by atoms with Gasteiger partial charge in [0.1, 0.15) is 11.7 Å². The molecule has 0 radical (unpaired) electrons. The molecule has 1 aromatic rings. The van der Waals surface area contributed by atoms with Crippen molar-refractivity contribution in [1.29, 1.82) is 0 Å². The van der Waals surface area contributed by atoms with Crippen LogP contribution in [-0.4, -0.2) is 35.0 Å². The van der Waals surface area contributed by atoms with Gasteiger partial charge in [0.25, 0.3) is 0 Å². The second-order valence-electron chi connectivity index (χ2n) is 3.89. The lowest BCUT2D eigenvalue weighted by Gasteiger charge is -2.42. The average molecular weight is 276 g/mol. The van der Waals surface area contributed by atoms with Crippen molar-refractivity contribution in [3.8, 4) is 0 Å². The van der Waals surface area contributed by atoms with Crippen molar-refractivity contribution in [2.24, 2.45) is 0 Å². The molecule has 0 saturated heterocycles. The predicted octanol–water partition coefficient (Wildman–Crippen LogP) is 2.10. The van der Waals surface area contributed by atoms with E-state index in [9.17, 15) is 4.79 Å². The van der Waals surface area contributed by atoms with E-state index >= 15 is 0 Å². The Morgan fingerprint density at radius 2 is 2.39 bits per heavy atom. The van der Waals surface area contributed by atoms with Gasteiger partial charge in [-0.05, 0) is 31.7 Å². The number of hydrogen-bond donors (Lipinski definition) is 0. The standard InChI is InChI=1S/C12H17ClN4O/c1-5-8-11(18)16(4)9-6-14-12(13)15-10(9)17(8)7(2)3/h6-8H,5H2,1-4H3/t8-/m1/s1/i2D3,3D3,7D. The van der Waals surface area contributed by atoms with E-state index in [1.807, 2.05) is 0 Å². The summed E-state index contributed by atoms with van der Waals surface area (Å²) in [5.41, 5.74) is 0.0872. The zero-order chi connectivity index (χ0) is 19.4. The van der Waals surface area contributed by atoms with Crippen LogP contribution in [0.2, 0.25) is 5.28 Å². The molecule has 5 nitrogen and oxygen atoms in total. The molecule has 0 bridgehead atoms. The third-order valence-corrected chi connectivity index (χ3v) is 3.05. The minimum Gasteiger partial charge on any atom is -0.340 e. The highest BCUT2D eigenvalue weighted by atomic mass is 35.5. The van der Waals surface area contributed by atoms with Gasteiger partial charge in [-0.25, -0.2) is 4.98 Å². The lowest BCUT2D eigenvalue weighted by atomic mass is 10.1. The van der Waals surface area contributed by atoms with Crippen molar-refractivity contribution in [2.45, 2.75) is 39.1 Å². The molecule has 1 aromatic heterocycles. The van der Waals surface area contributed by atoms with Gasteiger partial charge in [-0.3, -0.25) is 4.79 Å². The van der Waals surface area contributed by atoms with Gasteiger partial charge >= 0.3 is 0 Å². The number of amides is 1. The van der Waals surface area contributed by atoms with Gasteiger partial charge in [-0.15, -0.1) is 0 Å². The lowest BCUT2D eigenvalue weighted by Crippen LogP contribution is -2.54. The predicted molar refractivity (Wildman–Crippen MR) is 72.1 cm³/mol. The van der Waals surface area contributed by atoms with Gasteiger partial charge in [0, 0.05) is 21.3 Å². The number of aromatic nitrogens is 2. The van der Waals surface area contributed by atoms with Gasteiger partial charge in [-0.1, -0.05) is 6.92 Å². The van der Waals surface area contributed by atoms with Crippen LogP contribution < -0.4 is 9.80 Å². The molecule has 0 aromatic carbocycles. The Labute approximate surface area is 122 Å². The van der Waals surface area contributed by atoms with Crippen LogP contribution in [-0.2, 0) is 4.79 Å². The number of hydrogen-bond acceptors (Lipinski definition) is 4. The van der Waals surface area contributed by atoms with Crippen molar-refractivity contribution < 1.29 is 14.4 Å². The molecule has 1 amide bonds. The lowest BCUT2D eigenvalue weighted by molar-refractivity contribution is -0.120. The summed E-state index contributed by atoms with van der Waals surface area (Å²) < 4.78 is 54.6. The highest BCUT2D eigenvalue weighted by Crippen LogP contribution is 2.35. The Hall–Kier alpha value is -1.36. The smallest absolute Gasteiger partial charge is 0.249 e. The summed E-state index contributed by atoms with van der Waals surface area (Å²) in [4.78, 5) is 22.3. The number of likely N-dealkylation sites (N-methyl/N-ethyl adjacent to an activating group) is 1. The average Bonchev–Trinajstić information content (AvgIpc) is 2.47. The van der Waals surface area contributed by atoms with Crippen molar-refractivity contribution in [2.75, 3.05) is 16.8 Å². The van der Waals surface area contributed by atoms with E-state index in [0.717, 1.165) is 4.90 Å². The minimum absolute atomic E-state index is 0.0804. The Balaban J connectivity index is 2.86. The van der Waals surface area contributed by atoms with Crippen LogP contribution in [0.5, 0.6) is 0 Å². The van der Waals surface area contributed by atoms with Crippen LogP contribution in [0.15, 0.2) is 6.20 Å². The number of halogens is 1. The normalized spacial score (nSPS) is 27.2. The molecule has 1 aliphatic rings. The highest BCUT2D eigenvalue weighted by molar-refractivity contribution is 6.28. The van der Waals surface area contributed by atoms with Crippen molar-refractivity contribution in [3.63, 3.8) is 0 Å². The summed E-state index contributed by atoms with van der Waals surface area (Å²) in [5, 5.41) is -0.250. The Bertz CT molecular complexity index is 679. The number of rotatable bonds is 2. The maximum atomic E-state index is 12.7. The zero-order valence-corrected chi connectivity index (χ0v) is 10.7. The summed E-state index contributed by atoms with van der Waals surface area (Å²) >= 11 is 5.80. The molecule has 6 heteroatoms. The number of carbonyl (C=O) groups is 1. The first kappa shape index (κ1) is 6.70. The highest BCUT2D eigenvalue weighted by Gasteiger charge is 2.38. The van der Waals surface area contributed by atoms with Crippen LogP contribution in [0.1, 0.15) is 36.6 Å². The maximum absolute atomic E-state index is 12.7. The SMILES string of the molecule is [2H]C([2H])([2H])C([2H])(N1c2nc(Cl)ncc2N(C)C(=O)[C@H]1CC)C([2H])([2H])[2H]. The van der Waals surface area contributed by atoms with Gasteiger partial charge < -0.3 is 9.80 Å². The molecule has 0 fully saturated rings. The Morgan fingerprint density at radius 1 is 1.67 bits per heavy atom. The van der Waals surface area contributed by atoms with Crippen LogP contribution in [0, 0.1) is 0 Å². The van der Waals surface area contributed by atoms with Gasteiger partial charge in [-0.2, -0.15) is 4.98 Å². The summed E-state index contributed by atoms with van der Waals surface area (Å²) in [6, 6.07) is -4.29. The molecule has 0 aliphatic carbocycles. The van der Waals surface area contributed by atoms with Crippen LogP contribution in [0.4, 0.5) is 11.5 Å². The van der Waals surface area contributed by atoms with Crippen LogP contribution in [0.3, 0.4) is 0 Å². The number of nitrogens with zero attached hydrogens (tertiary/aromatic N) is 4. The fraction of sp³-hybridized carbons (Fsp3) is 0.583. The first-order valence-electron chi connectivity index (χ1n) is 8.86. The van der Waals surface area contributed by atoms with Gasteiger partial charge in [0.05, 0.1) is 7.57 Å². The molecule has 1 aliphatic heterocycles. The summed E-state index contributed by atoms with van der Waals surface area (Å²) in [6.45, 7) is -4.91. The Kier molecular flexibility index (Phi) is 1.76. The number of anilines is 2. The fourth-order valence-electron chi connectivity index (χ4n) is 1.98. The molecule has 2 heterocycles. The third kappa shape index (κ3) is 1.92. The topological polar surface area (TPSA) is 49.3 Å². The maximum Gasteiger partial charge on any atom is 0.249 e. The second-order valence-corrected chi connectivity index (χ2v) is 4.23. The van der Waals surface area contributed by atoms with E-state index in [0.29, 0.717) is 0 Å². The first-order chi connectivity index (χ1) is 11.3. The second kappa shape index (κ2) is 4.72. The molecule has 0 spiro atoms. The van der Waals surface area contributed by atoms with E-state index in [1.54, 1.807) is 6.92 Å². The largest absolute Gasteiger partial charge is 0.340 e. The molecule has 18 heavy (non-hydrogen) atoms. The van der Waals surface area contributed by atoms with E-state index < -0.39 is 31.7 Å². The summed E-state index contributed by atoms with van der Waals surface area (Å²) in [6.07, 6.45) is 1.28. The fourth-order valence-corrected chi connectivity index (χ4v) is 2.11. The van der Waals surface area contributed by atoms with Crippen LogP contribution in [0.25, 0.3) is 0 Å². The Morgan fingerprint density at radius 3 is 3.00 bits per heavy atom. The molecule has 98 valence electrons. The third-order valence-electron chi connectivity index (χ3n) is 2.87. The zero-order valence-electron chi connectivity index (χ0n) is 16.9. The molecule has 0 saturated carbocycles. The van der Waals surface area contributed by atoms with Crippen molar-refractivity contribution >= 4 is 29.0 Å². The minimum atomic E-state index is -3.25. The molecule has 0 unspecified atom stereocenters. The van der Waals surface area contributed by atoms with E-state index in [2.05, 4.69) is 9.97 Å². The van der Waals surface area contributed by atoms with E-state index in [1.165, 1.54) is 18.1 Å². The van der Waals surface area contributed by atoms with Gasteiger partial charge in [0.15, 0.2) is 5.82 Å². The summed E-state index contributed by atoms with van der Waals surface area (Å²) in [7, 11) is 1.44. The first-order valence-corrected chi connectivity index (χ1v) is 5.74. The van der Waals surface area contributed by atoms with Crippen LogP contribution >= 0.6 is 11.6 Å². The van der Waals surface area contributed by atoms with E-state index in [4.69, 9.17) is 21.2 Å². The monoisotopic (exact) mass is 275 g/mol. The molecule has 1 atom stereocenters. The van der Waals surface area contributed by atoms with E-state index in [-0.39, 0.29) is 23.2 Å². The molecular weight excluding hydrogens is 252 g/mol. The van der Waals surface area contributed by atoms with Crippen molar-refractivity contribution in [3.05, 3.63) is 11.5 Å². The summed E-state index contributed by atoms with van der Waals surface area (Å²) in [5.74, 6) is -0.720. The molecular formula is C12H17ClN4O. The van der Waals surface area contributed by atoms with Crippen molar-refractivity contribution in [1.82, 2.24) is 9.97 Å².